The van der Waals surface area contributed by atoms with E-state index in [1.165, 1.54) is 53.1 Å². The van der Waals surface area contributed by atoms with Gasteiger partial charge in [-0.15, -0.1) is 11.8 Å². The summed E-state index contributed by atoms with van der Waals surface area (Å²) >= 11 is 7.80. The number of halogens is 5. The normalized spacial score (nSPS) is 20.1. The molecule has 26 heteroatoms. The number of sulfone groups is 1. The van der Waals surface area contributed by atoms with Gasteiger partial charge in [-0.25, -0.2) is 30.7 Å². The van der Waals surface area contributed by atoms with Crippen LogP contribution in [-0.2, 0) is 29.4 Å². The third kappa shape index (κ3) is 16.2. The molecule has 5 aromatic carbocycles. The second-order valence-electron chi connectivity index (χ2n) is 23.5. The first kappa shape index (κ1) is 65.5. The molecule has 3 N–H and O–H groups in total. The van der Waals surface area contributed by atoms with Gasteiger partial charge in [-0.05, 0) is 115 Å². The molecule has 0 saturated carbocycles. The van der Waals surface area contributed by atoms with Gasteiger partial charge in [-0.3, -0.25) is 29.6 Å². The third-order valence-electron chi connectivity index (χ3n) is 17.2. The van der Waals surface area contributed by atoms with Crippen LogP contribution in [0.1, 0.15) is 61.4 Å². The van der Waals surface area contributed by atoms with Crippen LogP contribution in [0.2, 0.25) is 5.02 Å². The molecule has 4 aliphatic heterocycles. The van der Waals surface area contributed by atoms with Crippen molar-refractivity contribution in [2.75, 3.05) is 138 Å². The molecule has 0 spiro atoms. The lowest BCUT2D eigenvalue weighted by Crippen LogP contribution is -2.51. The number of amides is 4. The highest BCUT2D eigenvalue weighted by atomic mass is 35.5. The van der Waals surface area contributed by atoms with Crippen LogP contribution in [0.5, 0.6) is 5.75 Å². The van der Waals surface area contributed by atoms with Crippen molar-refractivity contribution in [1.82, 2.24) is 24.7 Å². The number of imide groups is 1. The third-order valence-corrected chi connectivity index (χ3v) is 21.5. The average molecular weight is 1310 g/mol. The number of anilines is 4. The first-order chi connectivity index (χ1) is 42.5. The minimum absolute atomic E-state index is 0.0394. The van der Waals surface area contributed by atoms with Gasteiger partial charge in [-0.1, -0.05) is 54.4 Å². The fourth-order valence-corrected chi connectivity index (χ4v) is 15.5. The second-order valence-corrected chi connectivity index (χ2v) is 28.6. The number of hydrogen-bond acceptors (Lipinski definition) is 16. The summed E-state index contributed by atoms with van der Waals surface area (Å²) < 4.78 is 126. The maximum Gasteiger partial charge on any atom is 0.501 e. The Morgan fingerprint density at radius 2 is 1.51 bits per heavy atom. The number of thioether (sulfide) groups is 1. The zero-order chi connectivity index (χ0) is 63.1. The first-order valence-electron chi connectivity index (χ1n) is 29.8. The molecule has 0 radical (unpaired) electrons. The molecule has 10 rings (SSSR count). The van der Waals surface area contributed by atoms with Gasteiger partial charge in [0, 0.05) is 150 Å². The van der Waals surface area contributed by atoms with Crippen LogP contribution in [0, 0.1) is 11.2 Å². The van der Waals surface area contributed by atoms with E-state index in [-0.39, 0.29) is 35.5 Å². The number of methoxy groups -OCH3 is 1. The fraction of sp³-hybridized carbons (Fsp3) is 0.444. The van der Waals surface area contributed by atoms with Crippen molar-refractivity contribution in [1.29, 1.82) is 0 Å². The Bertz CT molecular complexity index is 3610. The molecule has 5 aromatic rings. The number of carbonyl (C=O) groups is 3. The number of urea groups is 1. The van der Waals surface area contributed by atoms with Crippen LogP contribution in [0.15, 0.2) is 129 Å². The van der Waals surface area contributed by atoms with Gasteiger partial charge in [0.05, 0.1) is 35.7 Å². The lowest BCUT2D eigenvalue weighted by atomic mass is 9.71. The number of hydrogen-bond donors (Lipinski definition) is 3. The molecule has 5 aliphatic rings. The van der Waals surface area contributed by atoms with Crippen molar-refractivity contribution in [3.05, 3.63) is 137 Å². The number of alkyl halides is 3. The molecule has 1 aliphatic carbocycles. The standard InChI is InChI=1S/C63H74ClF4N9O9S3/c1-62(43-74-28-32-76(33-29-74)55-39-57(85-2)56(38-53(55)65)77-25-21-59(78)70-61(77)80)22-19-52(44-9-13-47(64)14-10-44)46(40-62)41-73-26-30-75(31-27-73)49-15-11-45(12-16-49)60(79)71-89(83,84)51-17-18-54(58(37-51)88(81,82)63(66,67)68)69-48(42-87-50-7-4-3-5-8-50)20-24-72-23-6-35-86-36-34-72/h3-5,7-18,37-39,48,69H,6,19-36,40-43H2,1-2H3,(H,71,79)(H,70,78,80)/t48-,62-/m1/s1. The maximum atomic E-state index is 15.9. The molecule has 0 bridgehead atoms. The number of ether oxygens (including phenoxy) is 2. The molecule has 0 unspecified atom stereocenters. The van der Waals surface area contributed by atoms with E-state index in [1.54, 1.807) is 18.2 Å². The van der Waals surface area contributed by atoms with Crippen molar-refractivity contribution >= 4 is 89.4 Å². The summed E-state index contributed by atoms with van der Waals surface area (Å²) in [5.41, 5.74) is -1.02. The minimum atomic E-state index is -6.10. The van der Waals surface area contributed by atoms with Crippen LogP contribution < -0.4 is 34.8 Å². The average Bonchev–Trinajstić information content (AvgIpc) is 1.39. The Morgan fingerprint density at radius 1 is 0.798 bits per heavy atom. The van der Waals surface area contributed by atoms with E-state index < -0.39 is 64.6 Å². The summed E-state index contributed by atoms with van der Waals surface area (Å²) in [6, 6.07) is 27.9. The van der Waals surface area contributed by atoms with Crippen LogP contribution in [0.4, 0.5) is 45.1 Å². The highest BCUT2D eigenvalue weighted by Crippen LogP contribution is 2.45. The number of sulfonamides is 1. The lowest BCUT2D eigenvalue weighted by Gasteiger charge is -2.44. The molecule has 4 saturated heterocycles. The minimum Gasteiger partial charge on any atom is -0.494 e. The highest BCUT2D eigenvalue weighted by molar-refractivity contribution is 7.99. The van der Waals surface area contributed by atoms with E-state index in [9.17, 15) is 44.4 Å². The summed E-state index contributed by atoms with van der Waals surface area (Å²) in [5.74, 6) is -1.23. The summed E-state index contributed by atoms with van der Waals surface area (Å²) in [6.45, 7) is 12.6. The van der Waals surface area contributed by atoms with Crippen molar-refractivity contribution in [3.63, 3.8) is 0 Å². The Balaban J connectivity index is 0.762. The Labute approximate surface area is 526 Å². The number of piperazine rings is 2. The molecule has 2 atom stereocenters. The Hall–Kier alpha value is -6.45. The summed E-state index contributed by atoms with van der Waals surface area (Å²) in [7, 11) is -9.54. The van der Waals surface area contributed by atoms with Crippen molar-refractivity contribution in [3.8, 4) is 5.75 Å². The van der Waals surface area contributed by atoms with E-state index in [2.05, 4.69) is 49.3 Å². The van der Waals surface area contributed by atoms with Gasteiger partial charge >= 0.3 is 11.5 Å². The largest absolute Gasteiger partial charge is 0.501 e. The number of rotatable bonds is 21. The van der Waals surface area contributed by atoms with Crippen molar-refractivity contribution in [2.24, 2.45) is 5.41 Å². The molecule has 478 valence electrons. The number of nitrogens with one attached hydrogen (secondary N) is 3. The van der Waals surface area contributed by atoms with Crippen molar-refractivity contribution in [2.45, 2.75) is 71.7 Å². The molecule has 4 fully saturated rings. The second kappa shape index (κ2) is 28.4. The SMILES string of the molecule is COc1cc(N2CCN(C[C@]3(C)CCC(c4ccc(Cl)cc4)=C(CN4CCN(c5ccc(C(=O)NS(=O)(=O)c6ccc(N[C@H](CCN7CCCOCC7)CSc7ccccc7)c(S(=O)(=O)C(F)(F)F)c6)cc5)CC4)C3)CC2)c(F)cc1N1CCC(=O)NC1=O. The van der Waals surface area contributed by atoms with Crippen LogP contribution in [0.3, 0.4) is 0 Å². The maximum absolute atomic E-state index is 15.9. The number of nitrogens with zero attached hydrogens (tertiary/aromatic N) is 6. The van der Waals surface area contributed by atoms with Gasteiger partial charge in [0.1, 0.15) is 16.5 Å². The van der Waals surface area contributed by atoms with E-state index in [4.69, 9.17) is 21.1 Å². The molecule has 89 heavy (non-hydrogen) atoms. The summed E-state index contributed by atoms with van der Waals surface area (Å²) in [5, 5.41) is 5.95. The molecular formula is C63H74ClF4N9O9S3. The zero-order valence-electron chi connectivity index (χ0n) is 49.7. The molecule has 0 aromatic heterocycles. The predicted molar refractivity (Wildman–Crippen MR) is 338 cm³/mol. The van der Waals surface area contributed by atoms with Gasteiger partial charge in [0.25, 0.3) is 25.8 Å². The summed E-state index contributed by atoms with van der Waals surface area (Å²) in [6.07, 6.45) is 4.05. The van der Waals surface area contributed by atoms with Crippen molar-refractivity contribution < 1.29 is 58.3 Å². The smallest absolute Gasteiger partial charge is 0.494 e. The summed E-state index contributed by atoms with van der Waals surface area (Å²) in [4.78, 5) is 49.3. The Morgan fingerprint density at radius 3 is 2.20 bits per heavy atom. The van der Waals surface area contributed by atoms with E-state index in [0.717, 1.165) is 99.8 Å². The number of carbonyl (C=O) groups excluding carboxylic acids is 3. The van der Waals surface area contributed by atoms with E-state index in [0.29, 0.717) is 87.2 Å². The van der Waals surface area contributed by atoms with E-state index in [1.807, 2.05) is 52.1 Å². The predicted octanol–water partition coefficient (Wildman–Crippen LogP) is 9.62. The molecule has 4 heterocycles. The van der Waals surface area contributed by atoms with Crippen LogP contribution in [-0.4, -0.2) is 179 Å². The lowest BCUT2D eigenvalue weighted by molar-refractivity contribution is -0.120. The molecular weight excluding hydrogens is 1230 g/mol. The fourth-order valence-electron chi connectivity index (χ4n) is 12.4. The van der Waals surface area contributed by atoms with Crippen LogP contribution >= 0.6 is 23.4 Å². The number of allylic oxidation sites excluding steroid dienone is 1. The topological polar surface area (TPSA) is 193 Å². The Kier molecular flexibility index (Phi) is 20.9. The van der Waals surface area contributed by atoms with E-state index >= 15 is 4.39 Å². The highest BCUT2D eigenvalue weighted by Gasteiger charge is 2.49. The monoisotopic (exact) mass is 1310 g/mol. The first-order valence-corrected chi connectivity index (χ1v) is 34.2. The quantitative estimate of drug-likeness (QED) is 0.0464. The molecule has 4 amide bonds. The van der Waals surface area contributed by atoms with Gasteiger partial charge in [0.2, 0.25) is 5.91 Å². The zero-order valence-corrected chi connectivity index (χ0v) is 52.9. The number of benzene rings is 5. The van der Waals surface area contributed by atoms with Gasteiger partial charge < -0.3 is 29.5 Å². The molecule has 18 nitrogen and oxygen atoms in total. The van der Waals surface area contributed by atoms with Gasteiger partial charge in [-0.2, -0.15) is 13.2 Å². The van der Waals surface area contributed by atoms with Crippen LogP contribution in [0.25, 0.3) is 5.57 Å². The van der Waals surface area contributed by atoms with Gasteiger partial charge in [0.15, 0.2) is 0 Å².